The molecule has 1 heterocycles. The summed E-state index contributed by atoms with van der Waals surface area (Å²) >= 11 is 0. The van der Waals surface area contributed by atoms with Gasteiger partial charge in [-0.15, -0.1) is 0 Å². The minimum atomic E-state index is -4.95. The Morgan fingerprint density at radius 3 is 2.21 bits per heavy atom. The summed E-state index contributed by atoms with van der Waals surface area (Å²) in [6.07, 6.45) is -4.95. The van der Waals surface area contributed by atoms with E-state index in [-0.39, 0.29) is 53.7 Å². The van der Waals surface area contributed by atoms with E-state index in [2.05, 4.69) is 0 Å². The molecular weight excluding hydrogens is 469 g/mol. The van der Waals surface area contributed by atoms with Gasteiger partial charge in [0.1, 0.15) is 18.2 Å². The van der Waals surface area contributed by atoms with E-state index in [0.29, 0.717) is 0 Å². The van der Waals surface area contributed by atoms with Gasteiger partial charge in [-0.25, -0.2) is 18.4 Å². The van der Waals surface area contributed by atoms with Crippen molar-refractivity contribution < 1.29 is 50.5 Å². The molecular formula is C22H18F5NO6. The van der Waals surface area contributed by atoms with Gasteiger partial charge >= 0.3 is 18.1 Å². The van der Waals surface area contributed by atoms with Crippen LogP contribution in [0.1, 0.15) is 11.1 Å². The maximum absolute atomic E-state index is 14.3. The number of rotatable bonds is 5. The third-order valence-electron chi connectivity index (χ3n) is 4.92. The van der Waals surface area contributed by atoms with Gasteiger partial charge in [0, 0.05) is 5.56 Å². The number of esters is 2. The van der Waals surface area contributed by atoms with Crippen LogP contribution in [0.2, 0.25) is 0 Å². The highest BCUT2D eigenvalue weighted by molar-refractivity contribution is 6.03. The second-order valence-corrected chi connectivity index (χ2v) is 6.99. The molecule has 7 nitrogen and oxygen atoms in total. The molecule has 2 aromatic rings. The zero-order chi connectivity index (χ0) is 25.2. The van der Waals surface area contributed by atoms with Crippen molar-refractivity contribution in [3.8, 4) is 11.5 Å². The Hall–Kier alpha value is -3.67. The van der Waals surface area contributed by atoms with E-state index in [1.807, 2.05) is 0 Å². The Kier molecular flexibility index (Phi) is 7.10. The average Bonchev–Trinajstić information content (AvgIpc) is 2.80. The molecule has 0 bridgehead atoms. The van der Waals surface area contributed by atoms with Crippen LogP contribution in [0.3, 0.4) is 0 Å². The van der Waals surface area contributed by atoms with Gasteiger partial charge in [-0.2, -0.15) is 13.2 Å². The van der Waals surface area contributed by atoms with Gasteiger partial charge in [0.25, 0.3) is 0 Å². The largest absolute Gasteiger partial charge is 0.466 e. The van der Waals surface area contributed by atoms with Crippen molar-refractivity contribution in [1.82, 2.24) is 0 Å². The lowest BCUT2D eigenvalue weighted by Gasteiger charge is -2.32. The molecule has 0 saturated heterocycles. The van der Waals surface area contributed by atoms with Crippen LogP contribution in [0.5, 0.6) is 11.5 Å². The Morgan fingerprint density at radius 1 is 1.03 bits per heavy atom. The van der Waals surface area contributed by atoms with E-state index in [9.17, 15) is 31.5 Å². The van der Waals surface area contributed by atoms with Crippen molar-refractivity contribution in [3.05, 3.63) is 64.4 Å². The van der Waals surface area contributed by atoms with Crippen molar-refractivity contribution in [2.45, 2.75) is 13.1 Å². The third kappa shape index (κ3) is 4.81. The highest BCUT2D eigenvalue weighted by Crippen LogP contribution is 2.39. The Balaban J connectivity index is 2.06. The summed E-state index contributed by atoms with van der Waals surface area (Å²) in [4.78, 5) is 25.9. The van der Waals surface area contributed by atoms with Gasteiger partial charge in [0.2, 0.25) is 0 Å². The molecule has 0 amide bonds. The summed E-state index contributed by atoms with van der Waals surface area (Å²) in [7, 11) is 2.23. The number of hydrogen-bond donors (Lipinski definition) is 0. The predicted molar refractivity (Wildman–Crippen MR) is 107 cm³/mol. The quantitative estimate of drug-likeness (QED) is 0.455. The summed E-state index contributed by atoms with van der Waals surface area (Å²) in [5.74, 6) is -5.96. The molecule has 3 rings (SSSR count). The number of halogens is 5. The van der Waals surface area contributed by atoms with E-state index < -0.39 is 41.1 Å². The monoisotopic (exact) mass is 487 g/mol. The van der Waals surface area contributed by atoms with Crippen molar-refractivity contribution in [2.24, 2.45) is 0 Å². The Bertz CT molecular complexity index is 1140. The predicted octanol–water partition coefficient (Wildman–Crippen LogP) is 4.48. The molecule has 0 fully saturated rings. The molecule has 0 aromatic heterocycles. The van der Waals surface area contributed by atoms with Gasteiger partial charge in [0.15, 0.2) is 17.4 Å². The fraction of sp³-hybridized carbons (Fsp3) is 0.273. The van der Waals surface area contributed by atoms with Crippen LogP contribution >= 0.6 is 0 Å². The summed E-state index contributed by atoms with van der Waals surface area (Å²) in [5, 5.41) is 0. The topological polar surface area (TPSA) is 74.3 Å². The molecule has 34 heavy (non-hydrogen) atoms. The molecule has 1 aliphatic rings. The molecule has 12 heteroatoms. The van der Waals surface area contributed by atoms with Gasteiger partial charge in [-0.3, -0.25) is 0 Å². The maximum Gasteiger partial charge on any atom is 0.416 e. The van der Waals surface area contributed by atoms with Gasteiger partial charge < -0.3 is 23.8 Å². The average molecular weight is 487 g/mol. The molecule has 0 N–H and O–H groups in total. The highest BCUT2D eigenvalue weighted by Gasteiger charge is 2.35. The van der Waals surface area contributed by atoms with Gasteiger partial charge in [-0.05, 0) is 31.2 Å². The fourth-order valence-corrected chi connectivity index (χ4v) is 3.27. The van der Waals surface area contributed by atoms with Crippen LogP contribution in [0.15, 0.2) is 41.6 Å². The van der Waals surface area contributed by atoms with E-state index in [1.165, 1.54) is 30.0 Å². The first-order valence-electron chi connectivity index (χ1n) is 9.58. The third-order valence-corrected chi connectivity index (χ3v) is 4.92. The lowest BCUT2D eigenvalue weighted by Crippen LogP contribution is -2.39. The number of benzene rings is 2. The van der Waals surface area contributed by atoms with E-state index in [4.69, 9.17) is 18.9 Å². The van der Waals surface area contributed by atoms with Crippen LogP contribution < -0.4 is 9.64 Å². The number of carbonyl (C=O) groups excluding carboxylic acids is 2. The summed E-state index contributed by atoms with van der Waals surface area (Å²) in [5.41, 5.74) is -1.32. The normalized spacial score (nSPS) is 14.2. The first-order valence-corrected chi connectivity index (χ1v) is 9.58. The van der Waals surface area contributed by atoms with Crippen LogP contribution in [0.4, 0.5) is 27.6 Å². The molecule has 0 aliphatic carbocycles. The van der Waals surface area contributed by atoms with E-state index in [0.717, 1.165) is 14.2 Å². The lowest BCUT2D eigenvalue weighted by molar-refractivity contribution is -0.140. The molecule has 0 saturated carbocycles. The first kappa shape index (κ1) is 25.0. The SMILES string of the molecule is COC(=O)C1=C(C(=O)OC)N(c2cccc(Oc3c(F)cc(C(F)(F)F)cc3F)c2C)COC1. The lowest BCUT2D eigenvalue weighted by atomic mass is 10.1. The number of methoxy groups -OCH3 is 2. The summed E-state index contributed by atoms with van der Waals surface area (Å²) < 4.78 is 87.1. The Morgan fingerprint density at radius 2 is 1.65 bits per heavy atom. The summed E-state index contributed by atoms with van der Waals surface area (Å²) in [6, 6.07) is 4.49. The minimum Gasteiger partial charge on any atom is -0.466 e. The molecule has 0 atom stereocenters. The number of nitrogens with zero attached hydrogens (tertiary/aromatic N) is 1. The first-order chi connectivity index (χ1) is 16.0. The van der Waals surface area contributed by atoms with E-state index in [1.54, 1.807) is 0 Å². The van der Waals surface area contributed by atoms with Crippen molar-refractivity contribution in [3.63, 3.8) is 0 Å². The van der Waals surface area contributed by atoms with E-state index >= 15 is 0 Å². The zero-order valence-corrected chi connectivity index (χ0v) is 18.1. The number of carbonyl (C=O) groups is 2. The second-order valence-electron chi connectivity index (χ2n) is 6.99. The minimum absolute atomic E-state index is 0.119. The Labute approximate surface area is 190 Å². The number of alkyl halides is 3. The molecule has 0 radical (unpaired) electrons. The molecule has 2 aromatic carbocycles. The van der Waals surface area contributed by atoms with Crippen LogP contribution in [-0.4, -0.2) is 39.5 Å². The van der Waals surface area contributed by atoms with Crippen LogP contribution in [0.25, 0.3) is 0 Å². The fourth-order valence-electron chi connectivity index (χ4n) is 3.27. The number of anilines is 1. The van der Waals surface area contributed by atoms with Crippen LogP contribution in [-0.2, 0) is 30.0 Å². The molecule has 0 unspecified atom stereocenters. The maximum atomic E-state index is 14.3. The standard InChI is InChI=1S/C22H18F5NO6/c1-11-16(28-10-33-9-13(20(29)31-2)18(28)21(30)32-3)5-4-6-17(11)34-19-14(23)7-12(8-15(19)24)22(25,26)27/h4-8H,9-10H2,1-3H3. The van der Waals surface area contributed by atoms with Crippen molar-refractivity contribution in [1.29, 1.82) is 0 Å². The molecule has 0 spiro atoms. The smallest absolute Gasteiger partial charge is 0.416 e. The van der Waals surface area contributed by atoms with Crippen LogP contribution in [0, 0.1) is 18.6 Å². The molecule has 182 valence electrons. The van der Waals surface area contributed by atoms with Gasteiger partial charge in [-0.1, -0.05) is 6.07 Å². The second kappa shape index (κ2) is 9.67. The van der Waals surface area contributed by atoms with Crippen molar-refractivity contribution >= 4 is 17.6 Å². The summed E-state index contributed by atoms with van der Waals surface area (Å²) in [6.45, 7) is 1.05. The highest BCUT2D eigenvalue weighted by atomic mass is 19.4. The zero-order valence-electron chi connectivity index (χ0n) is 18.1. The molecule has 1 aliphatic heterocycles. The number of hydrogen-bond acceptors (Lipinski definition) is 7. The number of ether oxygens (including phenoxy) is 4. The van der Waals surface area contributed by atoms with Crippen molar-refractivity contribution in [2.75, 3.05) is 32.5 Å². The van der Waals surface area contributed by atoms with Gasteiger partial charge in [0.05, 0.1) is 37.7 Å².